The number of anilines is 1. The van der Waals surface area contributed by atoms with E-state index in [1.807, 2.05) is 19.2 Å². The van der Waals surface area contributed by atoms with Crippen LogP contribution in [0.25, 0.3) is 0 Å². The molecule has 1 aromatic rings. The predicted molar refractivity (Wildman–Crippen MR) is 75.8 cm³/mol. The third-order valence-corrected chi connectivity index (χ3v) is 4.00. The van der Waals surface area contributed by atoms with Gasteiger partial charge in [0, 0.05) is 25.3 Å². The Morgan fingerprint density at radius 2 is 2.28 bits per heavy atom. The molecule has 0 bridgehead atoms. The molecule has 4 heteroatoms. The Bertz CT molecular complexity index is 436. The zero-order chi connectivity index (χ0) is 13.1. The predicted octanol–water partition coefficient (Wildman–Crippen LogP) is 2.68. The van der Waals surface area contributed by atoms with E-state index in [1.54, 1.807) is 6.07 Å². The molecule has 1 aliphatic heterocycles. The molecule has 1 fully saturated rings. The number of nitrogens with zero attached hydrogens (tertiary/aromatic N) is 2. The molecule has 0 radical (unpaired) electrons. The summed E-state index contributed by atoms with van der Waals surface area (Å²) in [6.07, 6.45) is 3.20. The normalized spacial score (nSPS) is 20.7. The first kappa shape index (κ1) is 13.4. The van der Waals surface area contributed by atoms with E-state index in [0.29, 0.717) is 16.6 Å². The van der Waals surface area contributed by atoms with Crippen LogP contribution in [0.3, 0.4) is 0 Å². The van der Waals surface area contributed by atoms with Gasteiger partial charge in [0.2, 0.25) is 0 Å². The van der Waals surface area contributed by atoms with E-state index in [-0.39, 0.29) is 0 Å². The van der Waals surface area contributed by atoms with Crippen LogP contribution in [0.1, 0.15) is 23.2 Å². The maximum absolute atomic E-state index is 11.2. The van der Waals surface area contributed by atoms with Crippen LogP contribution in [0.5, 0.6) is 0 Å². The number of benzene rings is 1. The van der Waals surface area contributed by atoms with Crippen LogP contribution in [0.2, 0.25) is 5.02 Å². The van der Waals surface area contributed by atoms with Gasteiger partial charge in [-0.15, -0.1) is 0 Å². The third kappa shape index (κ3) is 2.68. The first-order chi connectivity index (χ1) is 8.63. The van der Waals surface area contributed by atoms with E-state index in [0.717, 1.165) is 31.5 Å². The second-order valence-electron chi connectivity index (χ2n) is 4.96. The second-order valence-corrected chi connectivity index (χ2v) is 5.37. The molecule has 0 saturated carbocycles. The lowest BCUT2D eigenvalue weighted by Gasteiger charge is -2.37. The minimum absolute atomic E-state index is 0.445. The highest BCUT2D eigenvalue weighted by atomic mass is 35.5. The van der Waals surface area contributed by atoms with Crippen molar-refractivity contribution in [1.82, 2.24) is 4.90 Å². The van der Waals surface area contributed by atoms with Crippen LogP contribution < -0.4 is 4.90 Å². The number of piperidine rings is 1. The van der Waals surface area contributed by atoms with E-state index in [4.69, 9.17) is 11.6 Å². The van der Waals surface area contributed by atoms with Crippen molar-refractivity contribution in [3.63, 3.8) is 0 Å². The Balaban J connectivity index is 2.25. The molecule has 0 N–H and O–H groups in total. The summed E-state index contributed by atoms with van der Waals surface area (Å²) in [5.74, 6) is 0. The summed E-state index contributed by atoms with van der Waals surface area (Å²) in [5, 5.41) is 0.526. The number of likely N-dealkylation sites (N-methyl/N-ethyl adjacent to an activating group) is 2. The molecule has 1 aromatic carbocycles. The SMILES string of the molecule is CN1CCCC(N(C)c2cccc(Cl)c2C=O)C1. The van der Waals surface area contributed by atoms with Crippen LogP contribution in [-0.4, -0.2) is 44.4 Å². The zero-order valence-corrected chi connectivity index (χ0v) is 11.7. The zero-order valence-electron chi connectivity index (χ0n) is 10.9. The number of aldehydes is 1. The number of halogens is 1. The summed E-state index contributed by atoms with van der Waals surface area (Å²) in [6, 6.07) is 6.06. The molecule has 2 rings (SSSR count). The van der Waals surface area contributed by atoms with Gasteiger partial charge in [-0.1, -0.05) is 17.7 Å². The third-order valence-electron chi connectivity index (χ3n) is 3.68. The fourth-order valence-electron chi connectivity index (χ4n) is 2.60. The summed E-state index contributed by atoms with van der Waals surface area (Å²) in [7, 11) is 4.18. The fourth-order valence-corrected chi connectivity index (χ4v) is 2.82. The van der Waals surface area contributed by atoms with Crippen molar-refractivity contribution < 1.29 is 4.79 Å². The molecule has 0 aliphatic carbocycles. The number of carbonyl (C=O) groups excluding carboxylic acids is 1. The van der Waals surface area contributed by atoms with Gasteiger partial charge in [0.15, 0.2) is 6.29 Å². The lowest BCUT2D eigenvalue weighted by atomic mass is 10.0. The standard InChI is InChI=1S/C14H19ClN2O/c1-16-8-4-5-11(9-16)17(2)14-7-3-6-13(15)12(14)10-18/h3,6-7,10-11H,4-5,8-9H2,1-2H3. The monoisotopic (exact) mass is 266 g/mol. The Morgan fingerprint density at radius 1 is 1.50 bits per heavy atom. The topological polar surface area (TPSA) is 23.6 Å². The van der Waals surface area contributed by atoms with E-state index < -0.39 is 0 Å². The van der Waals surface area contributed by atoms with E-state index in [2.05, 4.69) is 16.8 Å². The Kier molecular flexibility index (Phi) is 4.25. The van der Waals surface area contributed by atoms with Crippen LogP contribution in [-0.2, 0) is 0 Å². The van der Waals surface area contributed by atoms with Gasteiger partial charge < -0.3 is 9.80 Å². The van der Waals surface area contributed by atoms with Crippen LogP contribution >= 0.6 is 11.6 Å². The summed E-state index contributed by atoms with van der Waals surface area (Å²) in [4.78, 5) is 15.7. The number of hydrogen-bond donors (Lipinski definition) is 0. The van der Waals surface area contributed by atoms with Gasteiger partial charge in [0.1, 0.15) is 0 Å². The first-order valence-electron chi connectivity index (χ1n) is 6.28. The van der Waals surface area contributed by atoms with Crippen molar-refractivity contribution in [1.29, 1.82) is 0 Å². The van der Waals surface area contributed by atoms with Crippen molar-refractivity contribution in [3.05, 3.63) is 28.8 Å². The highest BCUT2D eigenvalue weighted by Gasteiger charge is 2.23. The molecule has 1 unspecified atom stereocenters. The summed E-state index contributed by atoms with van der Waals surface area (Å²) in [5.41, 5.74) is 1.52. The van der Waals surface area contributed by atoms with E-state index in [1.165, 1.54) is 6.42 Å². The summed E-state index contributed by atoms with van der Waals surface area (Å²) < 4.78 is 0. The smallest absolute Gasteiger partial charge is 0.153 e. The molecule has 0 spiro atoms. The molecule has 3 nitrogen and oxygen atoms in total. The molecule has 18 heavy (non-hydrogen) atoms. The molecule has 0 amide bonds. The van der Waals surface area contributed by atoms with Crippen molar-refractivity contribution in [2.45, 2.75) is 18.9 Å². The van der Waals surface area contributed by atoms with Gasteiger partial charge in [-0.2, -0.15) is 0 Å². The largest absolute Gasteiger partial charge is 0.370 e. The van der Waals surface area contributed by atoms with Gasteiger partial charge in [-0.3, -0.25) is 4.79 Å². The quantitative estimate of drug-likeness (QED) is 0.786. The minimum atomic E-state index is 0.445. The van der Waals surface area contributed by atoms with E-state index >= 15 is 0 Å². The molecule has 1 saturated heterocycles. The van der Waals surface area contributed by atoms with Crippen molar-refractivity contribution in [2.24, 2.45) is 0 Å². The highest BCUT2D eigenvalue weighted by molar-refractivity contribution is 6.33. The maximum Gasteiger partial charge on any atom is 0.153 e. The van der Waals surface area contributed by atoms with Crippen molar-refractivity contribution in [2.75, 3.05) is 32.1 Å². The molecule has 1 heterocycles. The first-order valence-corrected chi connectivity index (χ1v) is 6.66. The van der Waals surface area contributed by atoms with Gasteiger partial charge >= 0.3 is 0 Å². The Morgan fingerprint density at radius 3 is 2.94 bits per heavy atom. The minimum Gasteiger partial charge on any atom is -0.370 e. The Hall–Kier alpha value is -1.06. The number of hydrogen-bond acceptors (Lipinski definition) is 3. The highest BCUT2D eigenvalue weighted by Crippen LogP contribution is 2.28. The lowest BCUT2D eigenvalue weighted by molar-refractivity contribution is 0.112. The van der Waals surface area contributed by atoms with Gasteiger partial charge in [-0.05, 0) is 38.6 Å². The van der Waals surface area contributed by atoms with Crippen LogP contribution in [0.4, 0.5) is 5.69 Å². The average Bonchev–Trinajstić information content (AvgIpc) is 2.37. The maximum atomic E-state index is 11.2. The molecule has 0 aromatic heterocycles. The molecule has 98 valence electrons. The number of likely N-dealkylation sites (tertiary alicyclic amines) is 1. The van der Waals surface area contributed by atoms with Gasteiger partial charge in [-0.25, -0.2) is 0 Å². The summed E-state index contributed by atoms with van der Waals surface area (Å²) in [6.45, 7) is 2.18. The summed E-state index contributed by atoms with van der Waals surface area (Å²) >= 11 is 6.07. The number of rotatable bonds is 3. The molecule has 1 atom stereocenters. The van der Waals surface area contributed by atoms with Gasteiger partial charge in [0.25, 0.3) is 0 Å². The number of carbonyl (C=O) groups is 1. The lowest BCUT2D eigenvalue weighted by Crippen LogP contribution is -2.45. The van der Waals surface area contributed by atoms with Crippen molar-refractivity contribution >= 4 is 23.6 Å². The second kappa shape index (κ2) is 5.72. The van der Waals surface area contributed by atoms with Gasteiger partial charge in [0.05, 0.1) is 10.6 Å². The van der Waals surface area contributed by atoms with Crippen LogP contribution in [0.15, 0.2) is 18.2 Å². The Labute approximate surface area is 113 Å². The molecular weight excluding hydrogens is 248 g/mol. The molecule has 1 aliphatic rings. The van der Waals surface area contributed by atoms with E-state index in [9.17, 15) is 4.79 Å². The van der Waals surface area contributed by atoms with Crippen molar-refractivity contribution in [3.8, 4) is 0 Å². The molecular formula is C14H19ClN2O. The average molecular weight is 267 g/mol. The fraction of sp³-hybridized carbons (Fsp3) is 0.500. The van der Waals surface area contributed by atoms with Crippen LogP contribution in [0, 0.1) is 0 Å².